The number of sulfonamides is 1. The smallest absolute Gasteiger partial charge is 0.246 e. The quantitative estimate of drug-likeness (QED) is 0.667. The molecule has 32 heavy (non-hydrogen) atoms. The largest absolute Gasteiger partial charge is 0.353 e. The number of piperazine rings is 1. The van der Waals surface area contributed by atoms with E-state index in [2.05, 4.69) is 9.88 Å². The van der Waals surface area contributed by atoms with Gasteiger partial charge in [0.2, 0.25) is 15.9 Å². The number of hydrogen-bond donors (Lipinski definition) is 0. The van der Waals surface area contributed by atoms with E-state index in [0.29, 0.717) is 50.1 Å². The summed E-state index contributed by atoms with van der Waals surface area (Å²) in [6, 6.07) is 5.99. The van der Waals surface area contributed by atoms with Crippen molar-refractivity contribution in [1.82, 2.24) is 14.2 Å². The lowest BCUT2D eigenvalue weighted by atomic mass is 9.96. The molecule has 2 aliphatic rings. The Hall–Kier alpha value is -2.30. The Kier molecular flexibility index (Phi) is 6.64. The molecule has 2 fully saturated rings. The van der Waals surface area contributed by atoms with Gasteiger partial charge < -0.3 is 9.80 Å². The fourth-order valence-corrected chi connectivity index (χ4v) is 5.78. The van der Waals surface area contributed by atoms with E-state index in [1.165, 1.54) is 0 Å². The fraction of sp³-hybridized carbons (Fsp3) is 0.429. The molecule has 2 aliphatic heterocycles. The molecule has 4 rings (SSSR count). The first-order valence-electron chi connectivity index (χ1n) is 10.4. The van der Waals surface area contributed by atoms with Gasteiger partial charge in [0.25, 0.3) is 0 Å². The van der Waals surface area contributed by atoms with Gasteiger partial charge in [-0.25, -0.2) is 22.2 Å². The minimum absolute atomic E-state index is 0.00250. The number of benzene rings is 1. The number of piperidine rings is 1. The lowest BCUT2D eigenvalue weighted by molar-refractivity contribution is -0.137. The van der Waals surface area contributed by atoms with E-state index in [1.54, 1.807) is 17.2 Å². The molecule has 0 unspecified atom stereocenters. The molecule has 0 saturated carbocycles. The highest BCUT2D eigenvalue weighted by Gasteiger charge is 2.35. The molecule has 172 valence electrons. The van der Waals surface area contributed by atoms with E-state index in [-0.39, 0.29) is 24.9 Å². The molecule has 0 bridgehead atoms. The zero-order chi connectivity index (χ0) is 22.9. The van der Waals surface area contributed by atoms with E-state index >= 15 is 0 Å². The van der Waals surface area contributed by atoms with Gasteiger partial charge >= 0.3 is 0 Å². The van der Waals surface area contributed by atoms with Crippen LogP contribution >= 0.6 is 11.6 Å². The summed E-state index contributed by atoms with van der Waals surface area (Å²) in [5, 5.41) is 0.566. The van der Waals surface area contributed by atoms with Crippen LogP contribution in [0.2, 0.25) is 5.02 Å². The summed E-state index contributed by atoms with van der Waals surface area (Å²) >= 11 is 5.88. The maximum atomic E-state index is 14.0. The third kappa shape index (κ3) is 4.72. The number of hydrogen-bond acceptors (Lipinski definition) is 5. The standard InChI is InChI=1S/C21H23ClF2N4O3S/c22-16-1-4-20(25-14-16)26-9-11-27(12-10-26)21(29)15-5-7-28(8-6-15)32(30,31)19-13-17(23)2-3-18(19)24/h1-4,13-15H,5-12H2. The summed E-state index contributed by atoms with van der Waals surface area (Å²) < 4.78 is 54.0. The second-order valence-electron chi connectivity index (χ2n) is 7.90. The minimum Gasteiger partial charge on any atom is -0.353 e. The monoisotopic (exact) mass is 484 g/mol. The number of aromatic nitrogens is 1. The van der Waals surface area contributed by atoms with Crippen molar-refractivity contribution in [3.05, 3.63) is 53.2 Å². The normalized spacial score (nSPS) is 18.7. The highest BCUT2D eigenvalue weighted by atomic mass is 35.5. The van der Waals surface area contributed by atoms with Gasteiger partial charge in [0.15, 0.2) is 0 Å². The van der Waals surface area contributed by atoms with Crippen molar-refractivity contribution in [2.75, 3.05) is 44.2 Å². The van der Waals surface area contributed by atoms with E-state index < -0.39 is 26.6 Å². The van der Waals surface area contributed by atoms with E-state index in [4.69, 9.17) is 11.6 Å². The maximum absolute atomic E-state index is 14.0. The minimum atomic E-state index is -4.16. The third-order valence-corrected chi connectivity index (χ3v) is 8.08. The number of rotatable bonds is 4. The van der Waals surface area contributed by atoms with Crippen molar-refractivity contribution in [1.29, 1.82) is 0 Å². The van der Waals surface area contributed by atoms with Crippen LogP contribution in [0.3, 0.4) is 0 Å². The van der Waals surface area contributed by atoms with Gasteiger partial charge in [-0.05, 0) is 43.2 Å². The zero-order valence-electron chi connectivity index (χ0n) is 17.3. The van der Waals surface area contributed by atoms with Crippen molar-refractivity contribution in [2.45, 2.75) is 17.7 Å². The van der Waals surface area contributed by atoms with Gasteiger partial charge in [0, 0.05) is 51.4 Å². The van der Waals surface area contributed by atoms with Crippen LogP contribution < -0.4 is 4.90 Å². The SMILES string of the molecule is O=C(C1CCN(S(=O)(=O)c2cc(F)ccc2F)CC1)N1CCN(c2ccc(Cl)cn2)CC1. The molecule has 7 nitrogen and oxygen atoms in total. The predicted molar refractivity (Wildman–Crippen MR) is 116 cm³/mol. The van der Waals surface area contributed by atoms with Gasteiger partial charge in [-0.1, -0.05) is 11.6 Å². The topological polar surface area (TPSA) is 73.8 Å². The molecule has 2 saturated heterocycles. The average molecular weight is 485 g/mol. The first-order chi connectivity index (χ1) is 15.3. The molecule has 0 spiro atoms. The molecule has 2 aromatic rings. The summed E-state index contributed by atoms with van der Waals surface area (Å²) in [5.41, 5.74) is 0. The number of anilines is 1. The molecule has 11 heteroatoms. The molecule has 0 aliphatic carbocycles. The molecular weight excluding hydrogens is 462 g/mol. The third-order valence-electron chi connectivity index (χ3n) is 5.94. The number of pyridine rings is 1. The van der Waals surface area contributed by atoms with Gasteiger partial charge in [-0.15, -0.1) is 0 Å². The van der Waals surface area contributed by atoms with Crippen LogP contribution in [-0.4, -0.2) is 67.8 Å². The van der Waals surface area contributed by atoms with Crippen LogP contribution in [-0.2, 0) is 14.8 Å². The molecule has 0 N–H and O–H groups in total. The summed E-state index contributed by atoms with van der Waals surface area (Å²) in [5.74, 6) is -1.29. The van der Waals surface area contributed by atoms with E-state index in [0.717, 1.165) is 22.3 Å². The summed E-state index contributed by atoms with van der Waals surface area (Å²) in [4.78, 5) is 20.5. The molecule has 1 aromatic heterocycles. The molecule has 3 heterocycles. The molecule has 0 atom stereocenters. The second kappa shape index (κ2) is 9.29. The highest BCUT2D eigenvalue weighted by Crippen LogP contribution is 2.27. The summed E-state index contributed by atoms with van der Waals surface area (Å²) in [7, 11) is -4.16. The number of carbonyl (C=O) groups is 1. The number of nitrogens with zero attached hydrogens (tertiary/aromatic N) is 4. The van der Waals surface area contributed by atoms with Gasteiger partial charge in [-0.2, -0.15) is 4.31 Å². The first-order valence-corrected chi connectivity index (χ1v) is 12.2. The number of halogens is 3. The van der Waals surface area contributed by atoms with Crippen molar-refractivity contribution in [2.24, 2.45) is 5.92 Å². The Morgan fingerprint density at radius 1 is 1.00 bits per heavy atom. The zero-order valence-corrected chi connectivity index (χ0v) is 18.8. The summed E-state index contributed by atoms with van der Waals surface area (Å²) in [6.45, 7) is 2.57. The maximum Gasteiger partial charge on any atom is 0.246 e. The molecular formula is C21H23ClF2N4O3S. The number of amides is 1. The highest BCUT2D eigenvalue weighted by molar-refractivity contribution is 7.89. The van der Waals surface area contributed by atoms with Crippen molar-refractivity contribution in [3.8, 4) is 0 Å². The lowest BCUT2D eigenvalue weighted by Crippen LogP contribution is -2.52. The van der Waals surface area contributed by atoms with Gasteiger partial charge in [0.1, 0.15) is 22.3 Å². The van der Waals surface area contributed by atoms with Gasteiger partial charge in [0.05, 0.1) is 5.02 Å². The Bertz CT molecular complexity index is 1080. The first kappa shape index (κ1) is 22.9. The Morgan fingerprint density at radius 2 is 1.69 bits per heavy atom. The lowest BCUT2D eigenvalue weighted by Gasteiger charge is -2.38. The Balaban J connectivity index is 1.33. The van der Waals surface area contributed by atoms with Crippen LogP contribution in [0, 0.1) is 17.6 Å². The van der Waals surface area contributed by atoms with Crippen LogP contribution in [0.15, 0.2) is 41.4 Å². The Morgan fingerprint density at radius 3 is 2.31 bits per heavy atom. The van der Waals surface area contributed by atoms with Crippen LogP contribution in [0.1, 0.15) is 12.8 Å². The van der Waals surface area contributed by atoms with E-state index in [9.17, 15) is 22.0 Å². The molecule has 1 aromatic carbocycles. The van der Waals surface area contributed by atoms with Crippen LogP contribution in [0.25, 0.3) is 0 Å². The second-order valence-corrected chi connectivity index (χ2v) is 10.2. The van der Waals surface area contributed by atoms with Crippen molar-refractivity contribution >= 4 is 33.3 Å². The van der Waals surface area contributed by atoms with Crippen molar-refractivity contribution < 1.29 is 22.0 Å². The summed E-state index contributed by atoms with van der Waals surface area (Å²) in [6.07, 6.45) is 2.27. The average Bonchev–Trinajstić information content (AvgIpc) is 2.81. The molecule has 1 amide bonds. The molecule has 0 radical (unpaired) electrons. The number of carbonyl (C=O) groups excluding carboxylic acids is 1. The van der Waals surface area contributed by atoms with Crippen LogP contribution in [0.5, 0.6) is 0 Å². The van der Waals surface area contributed by atoms with E-state index in [1.807, 2.05) is 6.07 Å². The van der Waals surface area contributed by atoms with Crippen LogP contribution in [0.4, 0.5) is 14.6 Å². The van der Waals surface area contributed by atoms with Crippen molar-refractivity contribution in [3.63, 3.8) is 0 Å². The Labute approximate surface area is 190 Å². The van der Waals surface area contributed by atoms with Gasteiger partial charge in [-0.3, -0.25) is 4.79 Å². The predicted octanol–water partition coefficient (Wildman–Crippen LogP) is 2.76. The fourth-order valence-electron chi connectivity index (χ4n) is 4.13.